The van der Waals surface area contributed by atoms with Crippen molar-refractivity contribution in [2.45, 2.75) is 10.9 Å². The van der Waals surface area contributed by atoms with E-state index in [1.807, 2.05) is 24.3 Å². The highest BCUT2D eigenvalue weighted by atomic mass is 79.9. The molecule has 3 rings (SSSR count). The molecule has 0 fully saturated rings. The lowest BCUT2D eigenvalue weighted by Crippen LogP contribution is -1.88. The predicted molar refractivity (Wildman–Crippen MR) is 87.6 cm³/mol. The van der Waals surface area contributed by atoms with Crippen molar-refractivity contribution in [1.82, 2.24) is 9.97 Å². The van der Waals surface area contributed by atoms with Gasteiger partial charge in [0.05, 0.1) is 11.9 Å². The highest BCUT2D eigenvalue weighted by Gasteiger charge is 2.06. The minimum absolute atomic E-state index is 0.518. The number of rotatable bonds is 4. The highest BCUT2D eigenvalue weighted by Crippen LogP contribution is 2.25. The van der Waals surface area contributed by atoms with E-state index in [2.05, 4.69) is 25.9 Å². The summed E-state index contributed by atoms with van der Waals surface area (Å²) in [5.74, 6) is -1.14. The smallest absolute Gasteiger partial charge is 0.166 e. The molecule has 1 aromatic heterocycles. The van der Waals surface area contributed by atoms with Crippen LogP contribution in [-0.4, -0.2) is 9.97 Å². The molecule has 0 atom stereocenters. The van der Waals surface area contributed by atoms with E-state index in [-0.39, 0.29) is 0 Å². The molecular formula is C16H11BrF2N2S. The summed E-state index contributed by atoms with van der Waals surface area (Å²) in [6.07, 6.45) is 1.76. The van der Waals surface area contributed by atoms with Gasteiger partial charge in [-0.15, -0.1) is 0 Å². The van der Waals surface area contributed by atoms with Crippen LogP contribution in [0.1, 0.15) is 5.56 Å². The van der Waals surface area contributed by atoms with Crippen LogP contribution in [0, 0.1) is 11.6 Å². The van der Waals surface area contributed by atoms with Crippen molar-refractivity contribution in [2.75, 3.05) is 0 Å². The fourth-order valence-electron chi connectivity index (χ4n) is 1.93. The Labute approximate surface area is 139 Å². The SMILES string of the molecule is Fc1ccc(CSc2ncc(-c3ccc(Br)cc3)[nH]2)cc1F. The van der Waals surface area contributed by atoms with Crippen LogP contribution in [0.15, 0.2) is 58.3 Å². The molecule has 2 nitrogen and oxygen atoms in total. The zero-order chi connectivity index (χ0) is 15.5. The standard InChI is InChI=1S/C16H11BrF2N2S/c17-12-4-2-11(3-5-12)15-8-20-16(21-15)22-9-10-1-6-13(18)14(19)7-10/h1-8H,9H2,(H,20,21). The Bertz CT molecular complexity index is 787. The summed E-state index contributed by atoms with van der Waals surface area (Å²) in [5.41, 5.74) is 2.67. The quantitative estimate of drug-likeness (QED) is 0.613. The van der Waals surface area contributed by atoms with Gasteiger partial charge in [-0.1, -0.05) is 45.9 Å². The van der Waals surface area contributed by atoms with Crippen molar-refractivity contribution in [3.05, 3.63) is 70.3 Å². The fraction of sp³-hybridized carbons (Fsp3) is 0.0625. The van der Waals surface area contributed by atoms with E-state index in [9.17, 15) is 8.78 Å². The maximum absolute atomic E-state index is 13.2. The maximum Gasteiger partial charge on any atom is 0.166 e. The first kappa shape index (κ1) is 15.2. The Morgan fingerprint density at radius 1 is 1.05 bits per heavy atom. The fourth-order valence-corrected chi connectivity index (χ4v) is 2.99. The third-order valence-electron chi connectivity index (χ3n) is 3.07. The Morgan fingerprint density at radius 3 is 2.55 bits per heavy atom. The van der Waals surface area contributed by atoms with Gasteiger partial charge in [-0.05, 0) is 35.4 Å². The second-order valence-corrected chi connectivity index (χ2v) is 6.53. The number of aromatic amines is 1. The minimum Gasteiger partial charge on any atom is -0.333 e. The predicted octanol–water partition coefficient (Wildman–Crippen LogP) is 5.41. The van der Waals surface area contributed by atoms with Crippen LogP contribution in [0.2, 0.25) is 0 Å². The molecule has 0 aliphatic carbocycles. The summed E-state index contributed by atoms with van der Waals surface area (Å²) < 4.78 is 27.0. The number of nitrogens with zero attached hydrogens (tertiary/aromatic N) is 1. The molecule has 0 bridgehead atoms. The van der Waals surface area contributed by atoms with Crippen molar-refractivity contribution < 1.29 is 8.78 Å². The van der Waals surface area contributed by atoms with Crippen molar-refractivity contribution in [3.63, 3.8) is 0 Å². The molecule has 0 unspecified atom stereocenters. The number of H-pyrrole nitrogens is 1. The van der Waals surface area contributed by atoms with Crippen LogP contribution in [0.5, 0.6) is 0 Å². The molecule has 0 aliphatic rings. The molecule has 1 heterocycles. The van der Waals surface area contributed by atoms with Crippen LogP contribution in [0.4, 0.5) is 8.78 Å². The first-order valence-electron chi connectivity index (χ1n) is 6.49. The van der Waals surface area contributed by atoms with E-state index in [1.165, 1.54) is 17.8 Å². The molecule has 3 aromatic rings. The van der Waals surface area contributed by atoms with Gasteiger partial charge in [-0.25, -0.2) is 13.8 Å². The second-order valence-electron chi connectivity index (χ2n) is 4.65. The van der Waals surface area contributed by atoms with Gasteiger partial charge in [0.15, 0.2) is 16.8 Å². The van der Waals surface area contributed by atoms with Gasteiger partial charge < -0.3 is 4.98 Å². The van der Waals surface area contributed by atoms with Gasteiger partial charge in [0, 0.05) is 10.2 Å². The number of nitrogens with one attached hydrogen (secondary N) is 1. The van der Waals surface area contributed by atoms with Crippen LogP contribution in [0.25, 0.3) is 11.3 Å². The monoisotopic (exact) mass is 380 g/mol. The molecule has 0 saturated carbocycles. The molecule has 2 aromatic carbocycles. The van der Waals surface area contributed by atoms with E-state index in [1.54, 1.807) is 12.3 Å². The van der Waals surface area contributed by atoms with Crippen LogP contribution >= 0.6 is 27.7 Å². The van der Waals surface area contributed by atoms with Crippen LogP contribution in [0.3, 0.4) is 0 Å². The molecule has 0 spiro atoms. The van der Waals surface area contributed by atoms with Crippen LogP contribution in [-0.2, 0) is 5.75 Å². The normalized spacial score (nSPS) is 10.9. The van der Waals surface area contributed by atoms with Gasteiger partial charge in [0.2, 0.25) is 0 Å². The van der Waals surface area contributed by atoms with Gasteiger partial charge in [0.25, 0.3) is 0 Å². The third kappa shape index (κ3) is 3.56. The molecule has 0 aliphatic heterocycles. The summed E-state index contributed by atoms with van der Waals surface area (Å²) >= 11 is 4.84. The Morgan fingerprint density at radius 2 is 1.82 bits per heavy atom. The largest absolute Gasteiger partial charge is 0.333 e. The number of hydrogen-bond donors (Lipinski definition) is 1. The molecule has 0 saturated heterocycles. The van der Waals surface area contributed by atoms with Crippen molar-refractivity contribution in [1.29, 1.82) is 0 Å². The van der Waals surface area contributed by atoms with E-state index in [0.717, 1.165) is 27.0 Å². The summed E-state index contributed by atoms with van der Waals surface area (Å²) in [4.78, 5) is 7.51. The maximum atomic E-state index is 13.2. The van der Waals surface area contributed by atoms with Crippen molar-refractivity contribution in [2.24, 2.45) is 0 Å². The summed E-state index contributed by atoms with van der Waals surface area (Å²) in [6, 6.07) is 11.8. The first-order chi connectivity index (χ1) is 10.6. The Balaban J connectivity index is 1.69. The number of thioether (sulfide) groups is 1. The van der Waals surface area contributed by atoms with Crippen LogP contribution < -0.4 is 0 Å². The number of hydrogen-bond acceptors (Lipinski definition) is 2. The lowest BCUT2D eigenvalue weighted by molar-refractivity contribution is 0.507. The van der Waals surface area contributed by atoms with Gasteiger partial charge in [-0.2, -0.15) is 0 Å². The van der Waals surface area contributed by atoms with Crippen molar-refractivity contribution >= 4 is 27.7 Å². The Hall–Kier alpha value is -1.66. The third-order valence-corrected chi connectivity index (χ3v) is 4.55. The number of halogens is 3. The van der Waals surface area contributed by atoms with E-state index >= 15 is 0 Å². The average Bonchev–Trinajstić information content (AvgIpc) is 2.98. The van der Waals surface area contributed by atoms with E-state index in [4.69, 9.17) is 0 Å². The molecule has 0 radical (unpaired) electrons. The number of aromatic nitrogens is 2. The summed E-state index contributed by atoms with van der Waals surface area (Å²) in [6.45, 7) is 0. The van der Waals surface area contributed by atoms with Gasteiger partial charge in [0.1, 0.15) is 0 Å². The summed E-state index contributed by atoms with van der Waals surface area (Å²) in [7, 11) is 0. The highest BCUT2D eigenvalue weighted by molar-refractivity contribution is 9.10. The first-order valence-corrected chi connectivity index (χ1v) is 8.27. The van der Waals surface area contributed by atoms with E-state index < -0.39 is 11.6 Å². The number of benzene rings is 2. The minimum atomic E-state index is -0.829. The molecule has 6 heteroatoms. The number of imidazole rings is 1. The zero-order valence-electron chi connectivity index (χ0n) is 11.3. The Kier molecular flexibility index (Phi) is 4.59. The van der Waals surface area contributed by atoms with Gasteiger partial charge in [-0.3, -0.25) is 0 Å². The molecule has 0 amide bonds. The average molecular weight is 381 g/mol. The van der Waals surface area contributed by atoms with Gasteiger partial charge >= 0.3 is 0 Å². The van der Waals surface area contributed by atoms with Crippen molar-refractivity contribution in [3.8, 4) is 11.3 Å². The topological polar surface area (TPSA) is 28.7 Å². The zero-order valence-corrected chi connectivity index (χ0v) is 13.7. The second kappa shape index (κ2) is 6.62. The molecule has 22 heavy (non-hydrogen) atoms. The lowest BCUT2D eigenvalue weighted by Gasteiger charge is -2.01. The molecular weight excluding hydrogens is 370 g/mol. The molecule has 112 valence electrons. The molecule has 1 N–H and O–H groups in total. The lowest BCUT2D eigenvalue weighted by atomic mass is 10.2. The van der Waals surface area contributed by atoms with E-state index in [0.29, 0.717) is 11.3 Å². The summed E-state index contributed by atoms with van der Waals surface area (Å²) in [5, 5.41) is 0.739.